The van der Waals surface area contributed by atoms with Gasteiger partial charge < -0.3 is 138 Å². The molecule has 2 saturated heterocycles. The maximum atomic E-state index is 16.4. The number of hydrogen-bond acceptors (Lipinski definition) is 27. The number of nitrogens with two attached hydrogens (primary N) is 2. The summed E-state index contributed by atoms with van der Waals surface area (Å²) in [7, 11) is 0. The first kappa shape index (κ1) is 90.5. The highest BCUT2D eigenvalue weighted by atomic mass is 35.5. The van der Waals surface area contributed by atoms with Crippen LogP contribution >= 0.6 is 23.2 Å². The molecular weight excluding hydrogens is 1650 g/mol. The van der Waals surface area contributed by atoms with E-state index in [1.54, 1.807) is 76.2 Å². The van der Waals surface area contributed by atoms with Crippen LogP contribution in [-0.4, -0.2) is 202 Å². The van der Waals surface area contributed by atoms with Gasteiger partial charge in [0, 0.05) is 42.1 Å². The molecule has 7 aromatic carbocycles. The van der Waals surface area contributed by atoms with Crippen molar-refractivity contribution in [3.63, 3.8) is 0 Å². The summed E-state index contributed by atoms with van der Waals surface area (Å²) >= 11 is 14.4. The van der Waals surface area contributed by atoms with Crippen molar-refractivity contribution >= 4 is 76.4 Å². The maximum Gasteiger partial charge on any atom is 0.326 e. The molecule has 22 N–H and O–H groups in total. The minimum Gasteiger partial charge on any atom is -0.508 e. The summed E-state index contributed by atoms with van der Waals surface area (Å²) in [6.45, 7) is 9.88. The van der Waals surface area contributed by atoms with Gasteiger partial charge in [0.15, 0.2) is 23.9 Å². The van der Waals surface area contributed by atoms with Crippen molar-refractivity contribution in [3.8, 4) is 62.9 Å². The fourth-order valence-electron chi connectivity index (χ4n) is 14.9. The van der Waals surface area contributed by atoms with Crippen LogP contribution < -0.4 is 72.9 Å². The highest BCUT2D eigenvalue weighted by Gasteiger charge is 2.52. The Labute approximate surface area is 713 Å². The topological polar surface area (TPSA) is 569 Å². The van der Waals surface area contributed by atoms with Gasteiger partial charge in [-0.1, -0.05) is 110 Å². The lowest BCUT2D eigenvalue weighted by Crippen LogP contribution is -2.65. The fourth-order valence-corrected chi connectivity index (χ4v) is 15.4. The monoisotopic (exact) mass is 1740 g/mol. The number of carboxylic acids is 1. The summed E-state index contributed by atoms with van der Waals surface area (Å²) in [5.41, 5.74) is 9.03. The average Bonchev–Trinajstić information content (AvgIpc) is 0.763. The third-order valence-electron chi connectivity index (χ3n) is 22.0. The zero-order chi connectivity index (χ0) is 88.7. The van der Waals surface area contributed by atoms with E-state index in [0.717, 1.165) is 72.3 Å². The molecule has 0 saturated carbocycles. The van der Waals surface area contributed by atoms with Crippen LogP contribution in [0.3, 0.4) is 0 Å². The van der Waals surface area contributed by atoms with Gasteiger partial charge in [-0.3, -0.25) is 38.4 Å². The fraction of sp³-hybridized carbons (Fsp3) is 0.376. The van der Waals surface area contributed by atoms with E-state index in [0.29, 0.717) is 30.8 Å². The lowest BCUT2D eigenvalue weighted by atomic mass is 9.84. The number of amides is 8. The largest absolute Gasteiger partial charge is 0.508 e. The van der Waals surface area contributed by atoms with Crippen molar-refractivity contribution in [2.75, 3.05) is 13.2 Å². The van der Waals surface area contributed by atoms with Gasteiger partial charge in [-0.25, -0.2) is 4.79 Å². The second-order valence-corrected chi connectivity index (χ2v) is 31.6. The van der Waals surface area contributed by atoms with E-state index < -0.39 is 266 Å². The molecule has 0 spiro atoms. The molecule has 0 aliphatic carbocycles. The Kier molecular flexibility index (Phi) is 28.5. The highest BCUT2D eigenvalue weighted by Crippen LogP contribution is 2.50. The quantitative estimate of drug-likeness (QED) is 0.0322. The van der Waals surface area contributed by atoms with Gasteiger partial charge in [-0.2, -0.15) is 0 Å². The number of fused-ring (bicyclic) bond motifs is 15. The minimum atomic E-state index is -2.41. The number of aromatic hydroxyl groups is 3. The molecule has 7 aliphatic heterocycles. The van der Waals surface area contributed by atoms with Crippen molar-refractivity contribution in [2.45, 2.75) is 182 Å². The van der Waals surface area contributed by atoms with Crippen LogP contribution in [0.1, 0.15) is 123 Å². The van der Waals surface area contributed by atoms with Crippen LogP contribution in [-0.2, 0) is 70.3 Å². The van der Waals surface area contributed by atoms with Gasteiger partial charge in [0.2, 0.25) is 59.3 Å². The van der Waals surface area contributed by atoms with Gasteiger partial charge in [-0.15, -0.1) is 6.58 Å². The number of aliphatic carboxylic acids is 1. The number of primary amides is 1. The lowest BCUT2D eigenvalue weighted by molar-refractivity contribution is -0.334. The molecule has 20 atom stereocenters. The number of phenolic OH excluding ortho intramolecular Hbond substituents is 3. The van der Waals surface area contributed by atoms with E-state index in [2.05, 4.69) is 49.1 Å². The number of carbonyl (C=O) groups excluding carboxylic acids is 8. The summed E-state index contributed by atoms with van der Waals surface area (Å²) in [6.07, 6.45) is -16.9. The van der Waals surface area contributed by atoms with Crippen LogP contribution in [0.4, 0.5) is 0 Å². The standard InChI is InChI=1S/C85H94Cl2N10O26/c1-6-8-23-117-46-16-12-15-40(24-46)35-90-85(5)34-61(118-38(4)75(85)107)122-74-72(106)71(105)59(36-98)121-84(74)123-73-57-29-44-30-58(73)120-56-22-19-43(28-50(56)87)70(104)68-82(114)95-66(80(112)92-52(83(115)116)25-39-13-10-9-11-14-39)48-31-45(99)32-54(101)62(48)47-26-41(17-20-53(47)100)64(78(110)97-68)94-79(111)65(44)93-76(108)51(33-60(88)102)91-81(113)67(96-77(109)63(89)37(3)7-2)69(103)42-18-21-55(119-57)49(86)27-42/h6,9-22,24,26-32,37-38,51-52,59,61,63-72,74-75,84,90,98-101,103-107H,1,7-8,23,25,33-36,89H2,2-5H3,(H2,88,102)(H,91,113)(H,92,112)(H,93,108)(H,94,111)(H,95,114)(H,96,109)(H,97,110)(H,115,116)/t37-,38-,51-,52-,59+,61-,63-,64+,65+,66-,67+,68-,69+,70+,71+,72-,74+,75+,84-,85-/m0/s1. The molecule has 0 radical (unpaired) electrons. The third kappa shape index (κ3) is 20.5. The molecule has 8 amide bonds. The second-order valence-electron chi connectivity index (χ2n) is 30.7. The number of hydrogen-bond donors (Lipinski definition) is 20. The predicted octanol–water partition coefficient (Wildman–Crippen LogP) is 3.36. The van der Waals surface area contributed by atoms with Crippen molar-refractivity contribution in [1.82, 2.24) is 42.5 Å². The molecule has 38 heteroatoms. The summed E-state index contributed by atoms with van der Waals surface area (Å²) in [6, 6.07) is 12.1. The predicted molar refractivity (Wildman–Crippen MR) is 436 cm³/mol. The molecule has 7 aliphatic rings. The van der Waals surface area contributed by atoms with Crippen LogP contribution in [0.15, 0.2) is 146 Å². The number of halogens is 2. The van der Waals surface area contributed by atoms with Crippen LogP contribution in [0.2, 0.25) is 10.0 Å². The number of nitrogens with one attached hydrogen (secondary N) is 8. The molecule has 0 aromatic heterocycles. The molecule has 7 heterocycles. The first-order valence-corrected chi connectivity index (χ1v) is 40.0. The normalized spacial score (nSPS) is 26.6. The number of aliphatic hydroxyl groups is 6. The second kappa shape index (κ2) is 38.8. The molecule has 123 heavy (non-hydrogen) atoms. The number of ether oxygens (including phenoxy) is 7. The van der Waals surface area contributed by atoms with Gasteiger partial charge in [0.1, 0.15) is 107 Å². The van der Waals surface area contributed by atoms with Crippen LogP contribution in [0, 0.1) is 5.92 Å². The molecule has 7 aromatic rings. The van der Waals surface area contributed by atoms with Crippen molar-refractivity contribution in [1.29, 1.82) is 0 Å². The Hall–Kier alpha value is -11.8. The van der Waals surface area contributed by atoms with Gasteiger partial charge in [0.05, 0.1) is 47.9 Å². The maximum absolute atomic E-state index is 16.4. The van der Waals surface area contributed by atoms with E-state index in [1.807, 2.05) is 12.1 Å². The summed E-state index contributed by atoms with van der Waals surface area (Å²) in [5.74, 6) is -17.5. The first-order valence-electron chi connectivity index (χ1n) is 39.2. The van der Waals surface area contributed by atoms with Gasteiger partial charge in [-0.05, 0) is 132 Å². The van der Waals surface area contributed by atoms with Crippen LogP contribution in [0.5, 0.6) is 51.7 Å². The highest BCUT2D eigenvalue weighted by molar-refractivity contribution is 6.32. The number of carboxylic acid groups (broad SMARTS) is 1. The average molecular weight is 1740 g/mol. The van der Waals surface area contributed by atoms with E-state index >= 15 is 24.0 Å². The zero-order valence-corrected chi connectivity index (χ0v) is 68.0. The summed E-state index contributed by atoms with van der Waals surface area (Å²) in [5, 5.41) is 137. The molecule has 14 rings (SSSR count). The number of phenols is 3. The number of aliphatic hydroxyl groups excluding tert-OH is 6. The molecule has 11 bridgehead atoms. The lowest BCUT2D eigenvalue weighted by Gasteiger charge is -2.48. The summed E-state index contributed by atoms with van der Waals surface area (Å²) < 4.78 is 45.4. The smallest absolute Gasteiger partial charge is 0.326 e. The Bertz CT molecular complexity index is 5170. The third-order valence-corrected chi connectivity index (χ3v) is 22.6. The van der Waals surface area contributed by atoms with Crippen LogP contribution in [0.25, 0.3) is 11.1 Å². The molecule has 2 fully saturated rings. The molecule has 0 unspecified atom stereocenters. The zero-order valence-electron chi connectivity index (χ0n) is 66.5. The van der Waals surface area contributed by atoms with E-state index in [4.69, 9.17) is 67.8 Å². The Morgan fingerprint density at radius 2 is 1.35 bits per heavy atom. The van der Waals surface area contributed by atoms with E-state index in [-0.39, 0.29) is 36.3 Å². The van der Waals surface area contributed by atoms with Crippen molar-refractivity contribution in [2.24, 2.45) is 17.4 Å². The molecule has 36 nitrogen and oxygen atoms in total. The molecular formula is C85H94Cl2N10O26. The van der Waals surface area contributed by atoms with Gasteiger partial charge in [0.25, 0.3) is 0 Å². The van der Waals surface area contributed by atoms with Gasteiger partial charge >= 0.3 is 5.97 Å². The number of benzene rings is 7. The number of rotatable bonds is 23. The van der Waals surface area contributed by atoms with E-state index in [9.17, 15) is 70.2 Å². The number of carbonyl (C=O) groups is 9. The van der Waals surface area contributed by atoms with Crippen molar-refractivity contribution < 1.29 is 127 Å². The minimum absolute atomic E-state index is 0.160. The Morgan fingerprint density at radius 1 is 0.707 bits per heavy atom. The SMILES string of the molecule is C=CCCOc1cccc(CN[C@@]2(C)C[C@H](O[C@H]3[C@H](Oc4c5cc6cc4Oc4ccc(cc4Cl)[C@@H](O)[C@@H](NC(=O)[C@@H](N)[C@@H](C)CC)C(=O)N[C@@H](CC(N)=O)C(=O)N[C@H]6C(=O)N[C@H]4C(=O)N[C@H](C(=O)N[C@H](C(=O)N[C@@H](Cc6ccccc6)C(=O)O)c6cc(O)cc(O)c6-c6cc4ccc6O)[C@H](O)c4ccc(c(Cl)c4)O5)O[C@H](CO)[C@@H](O)[C@@H]3O)O[C@@H](C)[C@H]2O)c1. The van der Waals surface area contributed by atoms with E-state index in [1.165, 1.54) is 12.1 Å². The van der Waals surface area contributed by atoms with Crippen molar-refractivity contribution in [3.05, 3.63) is 195 Å². The summed E-state index contributed by atoms with van der Waals surface area (Å²) in [4.78, 5) is 134. The first-order chi connectivity index (χ1) is 58.5. The Morgan fingerprint density at radius 3 is 1.99 bits per heavy atom. The molecule has 654 valence electrons. The Balaban J connectivity index is 1.05.